The van der Waals surface area contributed by atoms with E-state index in [1.54, 1.807) is 11.3 Å². The van der Waals surface area contributed by atoms with E-state index in [-0.39, 0.29) is 11.9 Å². The van der Waals surface area contributed by atoms with Crippen molar-refractivity contribution in [1.82, 2.24) is 9.88 Å². The van der Waals surface area contributed by atoms with Crippen LogP contribution in [0.1, 0.15) is 39.5 Å². The zero-order valence-electron chi connectivity index (χ0n) is 16.4. The highest BCUT2D eigenvalue weighted by atomic mass is 35.5. The summed E-state index contributed by atoms with van der Waals surface area (Å²) in [4.78, 5) is 21.0. The van der Waals surface area contributed by atoms with Crippen LogP contribution in [0.4, 0.5) is 0 Å². The number of aromatic nitrogens is 1. The number of hydrogen-bond donors (Lipinski definition) is 0. The van der Waals surface area contributed by atoms with Crippen LogP contribution in [0.3, 0.4) is 0 Å². The first-order chi connectivity index (χ1) is 13.9. The quantitative estimate of drug-likeness (QED) is 0.454. The Labute approximate surface area is 185 Å². The molecule has 6 heteroatoms. The van der Waals surface area contributed by atoms with Crippen molar-refractivity contribution in [1.29, 1.82) is 0 Å². The van der Waals surface area contributed by atoms with Crippen LogP contribution < -0.4 is 0 Å². The van der Waals surface area contributed by atoms with E-state index < -0.39 is 0 Å². The summed E-state index contributed by atoms with van der Waals surface area (Å²) in [5.74, 6) is 0.0217. The Morgan fingerprint density at radius 2 is 2.00 bits per heavy atom. The molecule has 4 rings (SSSR count). The van der Waals surface area contributed by atoms with Crippen LogP contribution in [-0.2, 0) is 6.42 Å². The second kappa shape index (κ2) is 8.47. The van der Waals surface area contributed by atoms with Crippen LogP contribution in [-0.4, -0.2) is 28.4 Å². The molecular weight excluding hydrogens is 423 g/mol. The van der Waals surface area contributed by atoms with Gasteiger partial charge in [0.15, 0.2) is 0 Å². The van der Waals surface area contributed by atoms with Gasteiger partial charge < -0.3 is 4.90 Å². The first-order valence-electron chi connectivity index (χ1n) is 9.72. The Morgan fingerprint density at radius 3 is 2.76 bits per heavy atom. The Morgan fingerprint density at radius 1 is 1.17 bits per heavy atom. The van der Waals surface area contributed by atoms with Crippen LogP contribution >= 0.6 is 34.5 Å². The molecule has 1 aliphatic heterocycles. The lowest BCUT2D eigenvalue weighted by atomic mass is 10.0. The SMILES string of the molecule is Cc1cccc(-c2sc(C)nc2C(=O)N2CCC[C@H]2Cc2ccc(Cl)c(Cl)c2)c1. The third-order valence-corrected chi connectivity index (χ3v) is 7.07. The first-order valence-corrected chi connectivity index (χ1v) is 11.3. The maximum atomic E-state index is 13.5. The molecule has 0 spiro atoms. The molecule has 2 aromatic carbocycles. The molecule has 0 N–H and O–H groups in total. The molecule has 1 atom stereocenters. The van der Waals surface area contributed by atoms with Gasteiger partial charge in [-0.15, -0.1) is 11.3 Å². The Balaban J connectivity index is 1.61. The van der Waals surface area contributed by atoms with Crippen LogP contribution in [0.15, 0.2) is 42.5 Å². The van der Waals surface area contributed by atoms with E-state index in [0.717, 1.165) is 46.8 Å². The zero-order valence-corrected chi connectivity index (χ0v) is 18.7. The summed E-state index contributed by atoms with van der Waals surface area (Å²) in [5.41, 5.74) is 3.89. The van der Waals surface area contributed by atoms with Gasteiger partial charge in [0, 0.05) is 12.6 Å². The summed E-state index contributed by atoms with van der Waals surface area (Å²) in [6, 6.07) is 14.1. The second-order valence-corrected chi connectivity index (χ2v) is 9.54. The Kier molecular flexibility index (Phi) is 5.95. The van der Waals surface area contributed by atoms with Gasteiger partial charge in [-0.3, -0.25) is 4.79 Å². The van der Waals surface area contributed by atoms with Gasteiger partial charge in [-0.25, -0.2) is 4.98 Å². The first kappa shape index (κ1) is 20.4. The maximum Gasteiger partial charge on any atom is 0.274 e. The minimum atomic E-state index is 0.0217. The number of carbonyl (C=O) groups is 1. The van der Waals surface area contributed by atoms with E-state index in [1.165, 1.54) is 5.56 Å². The third-order valence-electron chi connectivity index (χ3n) is 5.31. The minimum absolute atomic E-state index is 0.0217. The average Bonchev–Trinajstić information content (AvgIpc) is 3.31. The minimum Gasteiger partial charge on any atom is -0.334 e. The molecule has 1 aliphatic rings. The van der Waals surface area contributed by atoms with Gasteiger partial charge in [0.25, 0.3) is 5.91 Å². The fourth-order valence-electron chi connectivity index (χ4n) is 3.94. The number of aryl methyl sites for hydroxylation is 2. The number of halogens is 2. The summed E-state index contributed by atoms with van der Waals surface area (Å²) >= 11 is 13.8. The molecule has 1 saturated heterocycles. The lowest BCUT2D eigenvalue weighted by Crippen LogP contribution is -2.37. The van der Waals surface area contributed by atoms with Gasteiger partial charge in [0.05, 0.1) is 19.9 Å². The van der Waals surface area contributed by atoms with Gasteiger partial charge in [0.1, 0.15) is 5.69 Å². The fourth-order valence-corrected chi connectivity index (χ4v) is 5.17. The maximum absolute atomic E-state index is 13.5. The van der Waals surface area contributed by atoms with Crippen molar-refractivity contribution in [3.8, 4) is 10.4 Å². The van der Waals surface area contributed by atoms with Gasteiger partial charge in [-0.1, -0.05) is 59.1 Å². The fraction of sp³-hybridized carbons (Fsp3) is 0.304. The number of amides is 1. The topological polar surface area (TPSA) is 33.2 Å². The highest BCUT2D eigenvalue weighted by Gasteiger charge is 2.32. The highest BCUT2D eigenvalue weighted by Crippen LogP contribution is 2.34. The Bertz CT molecular complexity index is 1060. The van der Waals surface area contributed by atoms with Crippen molar-refractivity contribution in [2.45, 2.75) is 39.2 Å². The molecule has 0 bridgehead atoms. The van der Waals surface area contributed by atoms with Crippen molar-refractivity contribution in [2.24, 2.45) is 0 Å². The summed E-state index contributed by atoms with van der Waals surface area (Å²) in [7, 11) is 0. The summed E-state index contributed by atoms with van der Waals surface area (Å²) in [6.45, 7) is 4.78. The molecule has 0 unspecified atom stereocenters. The largest absolute Gasteiger partial charge is 0.334 e. The van der Waals surface area contributed by atoms with E-state index in [9.17, 15) is 4.79 Å². The number of likely N-dealkylation sites (tertiary alicyclic amines) is 1. The molecule has 0 aliphatic carbocycles. The number of hydrogen-bond acceptors (Lipinski definition) is 3. The van der Waals surface area contributed by atoms with E-state index >= 15 is 0 Å². The predicted octanol–water partition coefficient (Wildman–Crippen LogP) is 6.58. The van der Waals surface area contributed by atoms with E-state index in [1.807, 2.05) is 42.2 Å². The lowest BCUT2D eigenvalue weighted by Gasteiger charge is -2.24. The highest BCUT2D eigenvalue weighted by molar-refractivity contribution is 7.15. The third kappa shape index (κ3) is 4.35. The molecule has 1 aromatic heterocycles. The van der Waals surface area contributed by atoms with Crippen LogP contribution in [0.2, 0.25) is 10.0 Å². The van der Waals surface area contributed by atoms with Crippen LogP contribution in [0.5, 0.6) is 0 Å². The van der Waals surface area contributed by atoms with Crippen molar-refractivity contribution in [3.63, 3.8) is 0 Å². The number of carbonyl (C=O) groups excluding carboxylic acids is 1. The molecule has 3 nitrogen and oxygen atoms in total. The van der Waals surface area contributed by atoms with Gasteiger partial charge in [-0.2, -0.15) is 0 Å². The average molecular weight is 445 g/mol. The molecular formula is C23H22Cl2N2OS. The van der Waals surface area contributed by atoms with Crippen molar-refractivity contribution < 1.29 is 4.79 Å². The van der Waals surface area contributed by atoms with Crippen molar-refractivity contribution in [2.75, 3.05) is 6.54 Å². The molecule has 0 radical (unpaired) electrons. The van der Waals surface area contributed by atoms with Gasteiger partial charge >= 0.3 is 0 Å². The molecule has 0 saturated carbocycles. The van der Waals surface area contributed by atoms with Crippen LogP contribution in [0.25, 0.3) is 10.4 Å². The molecule has 1 amide bonds. The predicted molar refractivity (Wildman–Crippen MR) is 121 cm³/mol. The van der Waals surface area contributed by atoms with E-state index in [0.29, 0.717) is 15.7 Å². The zero-order chi connectivity index (χ0) is 20.5. The molecule has 1 fully saturated rings. The number of nitrogens with zero attached hydrogens (tertiary/aromatic N) is 2. The van der Waals surface area contributed by atoms with E-state index in [2.05, 4.69) is 24.0 Å². The molecule has 29 heavy (non-hydrogen) atoms. The smallest absolute Gasteiger partial charge is 0.274 e. The van der Waals surface area contributed by atoms with Crippen molar-refractivity contribution in [3.05, 3.63) is 74.3 Å². The molecule has 150 valence electrons. The number of rotatable bonds is 4. The van der Waals surface area contributed by atoms with Gasteiger partial charge in [-0.05, 0) is 56.4 Å². The lowest BCUT2D eigenvalue weighted by molar-refractivity contribution is 0.0732. The number of benzene rings is 2. The van der Waals surface area contributed by atoms with Crippen molar-refractivity contribution >= 4 is 40.4 Å². The standard InChI is InChI=1S/C23H22Cl2N2OS/c1-14-5-3-6-17(11-14)22-21(26-15(2)29-22)23(28)27-10-4-7-18(27)12-16-8-9-19(24)20(25)13-16/h3,5-6,8-9,11,13,18H,4,7,10,12H2,1-2H3/t18-/m0/s1. The number of thiazole rings is 1. The summed E-state index contributed by atoms with van der Waals surface area (Å²) in [5, 5.41) is 2.01. The summed E-state index contributed by atoms with van der Waals surface area (Å²) in [6.07, 6.45) is 2.75. The van der Waals surface area contributed by atoms with Crippen LogP contribution in [0, 0.1) is 13.8 Å². The van der Waals surface area contributed by atoms with Gasteiger partial charge in [0.2, 0.25) is 0 Å². The molecule has 2 heterocycles. The second-order valence-electron chi connectivity index (χ2n) is 7.53. The summed E-state index contributed by atoms with van der Waals surface area (Å²) < 4.78 is 0. The molecule has 3 aromatic rings. The van der Waals surface area contributed by atoms with E-state index in [4.69, 9.17) is 23.2 Å². The monoisotopic (exact) mass is 444 g/mol. The normalized spacial score (nSPS) is 16.4. The Hall–Kier alpha value is -1.88.